The topological polar surface area (TPSA) is 104 Å². The summed E-state index contributed by atoms with van der Waals surface area (Å²) >= 11 is 4.92. The van der Waals surface area contributed by atoms with Crippen molar-refractivity contribution in [1.82, 2.24) is 15.2 Å². The molecule has 0 saturated heterocycles. The highest BCUT2D eigenvalue weighted by atomic mass is 79.9. The number of hydrogen-bond donors (Lipinski definition) is 0. The lowest BCUT2D eigenvalue weighted by Gasteiger charge is -2.31. The quantitative estimate of drug-likeness (QED) is 0.230. The summed E-state index contributed by atoms with van der Waals surface area (Å²) in [5, 5.41) is 9.05. The Morgan fingerprint density at radius 2 is 1.94 bits per heavy atom. The second-order valence-electron chi connectivity index (χ2n) is 7.41. The maximum Gasteiger partial charge on any atom is 0.308 e. The third-order valence-corrected chi connectivity index (χ3v) is 6.16. The van der Waals surface area contributed by atoms with Crippen molar-refractivity contribution in [3.63, 3.8) is 0 Å². The van der Waals surface area contributed by atoms with E-state index in [0.717, 1.165) is 5.75 Å². The number of rotatable bonds is 6. The van der Waals surface area contributed by atoms with Gasteiger partial charge in [-0.15, -0.1) is 10.2 Å². The molecule has 2 aromatic carbocycles. The van der Waals surface area contributed by atoms with E-state index in [1.54, 1.807) is 18.2 Å². The molecule has 35 heavy (non-hydrogen) atoms. The van der Waals surface area contributed by atoms with E-state index in [0.29, 0.717) is 44.5 Å². The van der Waals surface area contributed by atoms with Crippen LogP contribution in [0.15, 0.2) is 46.0 Å². The zero-order valence-electron chi connectivity index (χ0n) is 19.6. The molecule has 2 heterocycles. The lowest BCUT2D eigenvalue weighted by atomic mass is 10.1. The van der Waals surface area contributed by atoms with Crippen LogP contribution >= 0.6 is 27.7 Å². The molecule has 0 aliphatic carbocycles. The molecule has 182 valence electrons. The second kappa shape index (κ2) is 10.6. The number of para-hydroxylation sites is 1. The molecule has 3 aromatic rings. The Morgan fingerprint density at radius 1 is 1.17 bits per heavy atom. The van der Waals surface area contributed by atoms with Gasteiger partial charge in [0.1, 0.15) is 0 Å². The van der Waals surface area contributed by atoms with Gasteiger partial charge in [0.05, 0.1) is 17.9 Å². The molecular weight excluding hydrogens is 536 g/mol. The van der Waals surface area contributed by atoms with Crippen molar-refractivity contribution in [1.29, 1.82) is 0 Å². The van der Waals surface area contributed by atoms with Crippen LogP contribution in [0.5, 0.6) is 17.4 Å². The minimum Gasteiger partial charge on any atom is -0.490 e. The Kier molecular flexibility index (Phi) is 7.56. The number of carbonyl (C=O) groups is 2. The largest absolute Gasteiger partial charge is 0.490 e. The van der Waals surface area contributed by atoms with Gasteiger partial charge in [-0.2, -0.15) is 4.98 Å². The number of hydrogen-bond acceptors (Lipinski definition) is 9. The van der Waals surface area contributed by atoms with Crippen LogP contribution in [0.2, 0.25) is 0 Å². The SMILES string of the molecule is CCOc1cc(Br)cc(C2Oc3nc(SCC)nnc3-c3ccccc3N2C(C)=O)c1OC(C)=O. The van der Waals surface area contributed by atoms with Gasteiger partial charge < -0.3 is 14.2 Å². The molecule has 1 aliphatic rings. The smallest absolute Gasteiger partial charge is 0.308 e. The molecule has 0 saturated carbocycles. The van der Waals surface area contributed by atoms with Gasteiger partial charge >= 0.3 is 5.97 Å². The van der Waals surface area contributed by atoms with Crippen LogP contribution in [0, 0.1) is 0 Å². The Hall–Kier alpha value is -3.18. The van der Waals surface area contributed by atoms with Crippen molar-refractivity contribution in [3.05, 3.63) is 46.4 Å². The molecule has 0 fully saturated rings. The first-order valence-electron chi connectivity index (χ1n) is 10.9. The predicted octanol–water partition coefficient (Wildman–Crippen LogP) is 5.18. The van der Waals surface area contributed by atoms with Crippen molar-refractivity contribution >= 4 is 45.3 Å². The fourth-order valence-electron chi connectivity index (χ4n) is 3.73. The predicted molar refractivity (Wildman–Crippen MR) is 135 cm³/mol. The van der Waals surface area contributed by atoms with Crippen molar-refractivity contribution in [3.8, 4) is 28.6 Å². The molecule has 0 radical (unpaired) electrons. The zero-order chi connectivity index (χ0) is 25.1. The van der Waals surface area contributed by atoms with Crippen LogP contribution in [0.1, 0.15) is 39.5 Å². The third kappa shape index (κ3) is 5.10. The number of ether oxygens (including phenoxy) is 3. The molecule has 9 nitrogen and oxygen atoms in total. The second-order valence-corrected chi connectivity index (χ2v) is 9.55. The fourth-order valence-corrected chi connectivity index (χ4v) is 4.69. The van der Waals surface area contributed by atoms with E-state index in [4.69, 9.17) is 14.2 Å². The molecule has 1 amide bonds. The Bertz CT molecular complexity index is 1290. The Labute approximate surface area is 215 Å². The maximum atomic E-state index is 13.1. The highest BCUT2D eigenvalue weighted by molar-refractivity contribution is 9.10. The van der Waals surface area contributed by atoms with Crippen LogP contribution in [0.25, 0.3) is 11.3 Å². The molecule has 1 unspecified atom stereocenters. The molecule has 1 aromatic heterocycles. The first-order chi connectivity index (χ1) is 16.8. The Morgan fingerprint density at radius 3 is 2.63 bits per heavy atom. The van der Waals surface area contributed by atoms with Crippen LogP contribution in [0.4, 0.5) is 5.69 Å². The van der Waals surface area contributed by atoms with Gasteiger partial charge in [-0.25, -0.2) is 0 Å². The summed E-state index contributed by atoms with van der Waals surface area (Å²) in [4.78, 5) is 31.2. The standard InChI is InChI=1S/C24H23BrN4O5S/c1-5-32-19-12-15(25)11-17(21(19)33-14(4)31)23-29(13(3)30)18-10-8-7-9-16(18)20-22(34-23)26-24(28-27-20)35-6-2/h7-12,23H,5-6H2,1-4H3. The van der Waals surface area contributed by atoms with Crippen molar-refractivity contribution < 1.29 is 23.8 Å². The lowest BCUT2D eigenvalue weighted by molar-refractivity contribution is -0.132. The summed E-state index contributed by atoms with van der Waals surface area (Å²) < 4.78 is 18.4. The van der Waals surface area contributed by atoms with Gasteiger partial charge in [0.25, 0.3) is 0 Å². The fraction of sp³-hybridized carbons (Fsp3) is 0.292. The van der Waals surface area contributed by atoms with Gasteiger partial charge in [0, 0.05) is 23.9 Å². The van der Waals surface area contributed by atoms with E-state index >= 15 is 0 Å². The third-order valence-electron chi connectivity index (χ3n) is 4.98. The van der Waals surface area contributed by atoms with Crippen molar-refractivity contribution in [2.45, 2.75) is 39.1 Å². The molecule has 4 rings (SSSR count). The van der Waals surface area contributed by atoms with Crippen molar-refractivity contribution in [2.24, 2.45) is 0 Å². The van der Waals surface area contributed by atoms with Gasteiger partial charge in [0.15, 0.2) is 17.2 Å². The van der Waals surface area contributed by atoms with E-state index in [2.05, 4.69) is 31.1 Å². The number of nitrogens with zero attached hydrogens (tertiary/aromatic N) is 4. The van der Waals surface area contributed by atoms with Crippen LogP contribution < -0.4 is 19.1 Å². The maximum absolute atomic E-state index is 13.1. The van der Waals surface area contributed by atoms with E-state index in [1.807, 2.05) is 32.0 Å². The van der Waals surface area contributed by atoms with Gasteiger partial charge in [0.2, 0.25) is 23.2 Å². The lowest BCUT2D eigenvalue weighted by Crippen LogP contribution is -2.36. The van der Waals surface area contributed by atoms with Gasteiger partial charge in [-0.05, 0) is 30.9 Å². The summed E-state index contributed by atoms with van der Waals surface area (Å²) in [6.45, 7) is 6.89. The molecule has 11 heteroatoms. The summed E-state index contributed by atoms with van der Waals surface area (Å²) in [6, 6.07) is 10.7. The number of benzene rings is 2. The number of anilines is 1. The van der Waals surface area contributed by atoms with Gasteiger partial charge in [-0.3, -0.25) is 14.5 Å². The number of esters is 1. The van der Waals surface area contributed by atoms with E-state index in [9.17, 15) is 9.59 Å². The monoisotopic (exact) mass is 558 g/mol. The zero-order valence-corrected chi connectivity index (χ0v) is 22.0. The van der Waals surface area contributed by atoms with Crippen LogP contribution in [-0.4, -0.2) is 39.4 Å². The molecule has 1 atom stereocenters. The summed E-state index contributed by atoms with van der Waals surface area (Å²) in [5.41, 5.74) is 2.01. The average Bonchev–Trinajstić information content (AvgIpc) is 2.95. The number of amides is 1. The highest BCUT2D eigenvalue weighted by Crippen LogP contribution is 2.47. The van der Waals surface area contributed by atoms with Crippen molar-refractivity contribution in [2.75, 3.05) is 17.3 Å². The molecule has 0 spiro atoms. The summed E-state index contributed by atoms with van der Waals surface area (Å²) in [7, 11) is 0. The number of aromatic nitrogens is 3. The Balaban J connectivity index is 2.01. The molecular formula is C24H23BrN4O5S. The van der Waals surface area contributed by atoms with Crippen LogP contribution in [-0.2, 0) is 9.59 Å². The normalized spacial score (nSPS) is 14.3. The first-order valence-corrected chi connectivity index (χ1v) is 12.7. The number of carbonyl (C=O) groups excluding carboxylic acids is 2. The highest BCUT2D eigenvalue weighted by Gasteiger charge is 2.37. The van der Waals surface area contributed by atoms with E-state index in [1.165, 1.54) is 30.5 Å². The van der Waals surface area contributed by atoms with E-state index in [-0.39, 0.29) is 17.5 Å². The van der Waals surface area contributed by atoms with E-state index < -0.39 is 12.2 Å². The average molecular weight is 559 g/mol. The summed E-state index contributed by atoms with van der Waals surface area (Å²) in [5.74, 6) is 0.621. The first kappa shape index (κ1) is 24.9. The number of fused-ring (bicyclic) bond motifs is 3. The number of thioether (sulfide) groups is 1. The molecule has 1 aliphatic heterocycles. The van der Waals surface area contributed by atoms with Crippen LogP contribution in [0.3, 0.4) is 0 Å². The molecule has 0 N–H and O–H groups in total. The minimum absolute atomic E-state index is 0.157. The number of halogens is 1. The summed E-state index contributed by atoms with van der Waals surface area (Å²) in [6.07, 6.45) is -1.04. The minimum atomic E-state index is -1.04. The van der Waals surface area contributed by atoms with Gasteiger partial charge in [-0.1, -0.05) is 52.8 Å². The molecule has 0 bridgehead atoms.